The highest BCUT2D eigenvalue weighted by molar-refractivity contribution is 14.1. The van der Waals surface area contributed by atoms with Gasteiger partial charge in [0.25, 0.3) is 0 Å². The molecule has 0 amide bonds. The number of aliphatic hydroxyl groups is 2. The molecule has 0 heterocycles. The van der Waals surface area contributed by atoms with Gasteiger partial charge in [-0.15, -0.1) is 0 Å². The summed E-state index contributed by atoms with van der Waals surface area (Å²) in [6.07, 6.45) is -1.44. The molecule has 0 saturated carbocycles. The zero-order valence-electron chi connectivity index (χ0n) is 8.01. The predicted octanol–water partition coefficient (Wildman–Crippen LogP) is 1.16. The molecule has 0 aliphatic rings. The van der Waals surface area contributed by atoms with E-state index in [9.17, 15) is 15.0 Å². The van der Waals surface area contributed by atoms with Gasteiger partial charge in [0.05, 0.1) is 0 Å². The van der Waals surface area contributed by atoms with Crippen LogP contribution in [0.2, 0.25) is 0 Å². The number of halogens is 1. The summed E-state index contributed by atoms with van der Waals surface area (Å²) >= 11 is 1.97. The van der Waals surface area contributed by atoms with Crippen LogP contribution in [-0.2, 0) is 4.79 Å². The van der Waals surface area contributed by atoms with Gasteiger partial charge in [-0.1, -0.05) is 18.2 Å². The van der Waals surface area contributed by atoms with E-state index in [0.717, 1.165) is 6.92 Å². The molecule has 82 valence electrons. The van der Waals surface area contributed by atoms with E-state index < -0.39 is 17.7 Å². The molecule has 0 saturated heterocycles. The van der Waals surface area contributed by atoms with Crippen LogP contribution >= 0.6 is 22.6 Å². The molecule has 0 aliphatic carbocycles. The molecule has 4 nitrogen and oxygen atoms in total. The average molecular weight is 322 g/mol. The fourth-order valence-electron chi connectivity index (χ4n) is 1.12. The maximum absolute atomic E-state index is 10.7. The quantitative estimate of drug-likeness (QED) is 0.730. The molecule has 5 heteroatoms. The summed E-state index contributed by atoms with van der Waals surface area (Å²) in [4.78, 5) is 10.7. The third-order valence-corrected chi connectivity index (χ3v) is 3.15. The van der Waals surface area contributed by atoms with Crippen LogP contribution in [0.5, 0.6) is 0 Å². The van der Waals surface area contributed by atoms with Crippen LogP contribution in [0.1, 0.15) is 18.6 Å². The molecule has 0 spiro atoms. The van der Waals surface area contributed by atoms with Crippen LogP contribution in [0.25, 0.3) is 0 Å². The summed E-state index contributed by atoms with van der Waals surface area (Å²) in [6.45, 7) is 1.07. The Morgan fingerprint density at radius 3 is 2.47 bits per heavy atom. The van der Waals surface area contributed by atoms with E-state index >= 15 is 0 Å². The van der Waals surface area contributed by atoms with Gasteiger partial charge in [0.1, 0.15) is 6.10 Å². The molecular weight excluding hydrogens is 311 g/mol. The number of aliphatic hydroxyl groups excluding tert-OH is 1. The minimum absolute atomic E-state index is 0.408. The summed E-state index contributed by atoms with van der Waals surface area (Å²) in [7, 11) is 0. The standard InChI is InChI=1S/C10H11IO4/c1-10(15,9(13)14)8(12)6-4-2-3-5-7(6)11/h2-5,8,12,15H,1H3,(H,13,14)/t8-,10?/m0/s1. The molecule has 0 aromatic heterocycles. The predicted molar refractivity (Wildman–Crippen MR) is 62.4 cm³/mol. The van der Waals surface area contributed by atoms with Crippen molar-refractivity contribution >= 4 is 28.6 Å². The fourth-order valence-corrected chi connectivity index (χ4v) is 1.80. The molecule has 1 rings (SSSR count). The van der Waals surface area contributed by atoms with Gasteiger partial charge in [0, 0.05) is 3.57 Å². The van der Waals surface area contributed by atoms with Crippen LogP contribution in [0.3, 0.4) is 0 Å². The van der Waals surface area contributed by atoms with Crippen LogP contribution in [0.15, 0.2) is 24.3 Å². The van der Waals surface area contributed by atoms with Gasteiger partial charge in [-0.05, 0) is 41.1 Å². The molecule has 2 atom stereocenters. The number of carbonyl (C=O) groups is 1. The van der Waals surface area contributed by atoms with Crippen LogP contribution in [0.4, 0.5) is 0 Å². The highest BCUT2D eigenvalue weighted by Gasteiger charge is 2.40. The lowest BCUT2D eigenvalue weighted by atomic mass is 9.93. The first-order valence-corrected chi connectivity index (χ1v) is 5.33. The van der Waals surface area contributed by atoms with Crippen LogP contribution < -0.4 is 0 Å². The Labute approximate surface area is 101 Å². The Morgan fingerprint density at radius 2 is 2.00 bits per heavy atom. The molecule has 15 heavy (non-hydrogen) atoms. The lowest BCUT2D eigenvalue weighted by molar-refractivity contribution is -0.169. The van der Waals surface area contributed by atoms with E-state index in [1.807, 2.05) is 22.6 Å². The lowest BCUT2D eigenvalue weighted by Gasteiger charge is -2.25. The molecule has 1 aromatic rings. The largest absolute Gasteiger partial charge is 0.479 e. The van der Waals surface area contributed by atoms with E-state index in [2.05, 4.69) is 0 Å². The molecule has 0 aliphatic heterocycles. The minimum atomic E-state index is -2.18. The zero-order chi connectivity index (χ0) is 11.6. The van der Waals surface area contributed by atoms with Crippen molar-refractivity contribution in [2.45, 2.75) is 18.6 Å². The van der Waals surface area contributed by atoms with Crippen molar-refractivity contribution in [3.63, 3.8) is 0 Å². The molecule has 0 radical (unpaired) electrons. The first-order chi connectivity index (χ1) is 6.87. The summed E-state index contributed by atoms with van der Waals surface area (Å²) in [6, 6.07) is 6.77. The normalized spacial score (nSPS) is 16.8. The van der Waals surface area contributed by atoms with Crippen molar-refractivity contribution in [1.82, 2.24) is 0 Å². The Kier molecular flexibility index (Phi) is 3.69. The third-order valence-electron chi connectivity index (χ3n) is 2.17. The van der Waals surface area contributed by atoms with Gasteiger partial charge in [0.2, 0.25) is 0 Å². The topological polar surface area (TPSA) is 77.8 Å². The number of hydrogen-bond donors (Lipinski definition) is 3. The van der Waals surface area contributed by atoms with Crippen LogP contribution in [-0.4, -0.2) is 26.9 Å². The lowest BCUT2D eigenvalue weighted by Crippen LogP contribution is -2.41. The summed E-state index contributed by atoms with van der Waals surface area (Å²) < 4.78 is 0.712. The molecule has 0 fully saturated rings. The average Bonchev–Trinajstić information content (AvgIpc) is 2.17. The number of hydrogen-bond acceptors (Lipinski definition) is 3. The number of aliphatic carboxylic acids is 1. The third kappa shape index (κ3) is 2.47. The number of carboxylic acid groups (broad SMARTS) is 1. The van der Waals surface area contributed by atoms with Gasteiger partial charge in [0.15, 0.2) is 5.60 Å². The fraction of sp³-hybridized carbons (Fsp3) is 0.300. The van der Waals surface area contributed by atoms with Crippen molar-refractivity contribution in [3.05, 3.63) is 33.4 Å². The van der Waals surface area contributed by atoms with Crippen molar-refractivity contribution in [1.29, 1.82) is 0 Å². The summed E-state index contributed by atoms with van der Waals surface area (Å²) in [5.41, 5.74) is -1.77. The number of benzene rings is 1. The van der Waals surface area contributed by atoms with Crippen molar-refractivity contribution in [2.75, 3.05) is 0 Å². The second-order valence-corrected chi connectivity index (χ2v) is 4.54. The second-order valence-electron chi connectivity index (χ2n) is 3.38. The maximum atomic E-state index is 10.7. The minimum Gasteiger partial charge on any atom is -0.479 e. The molecule has 0 bridgehead atoms. The highest BCUT2D eigenvalue weighted by atomic mass is 127. The second kappa shape index (κ2) is 4.46. The monoisotopic (exact) mass is 322 g/mol. The van der Waals surface area contributed by atoms with Gasteiger partial charge in [-0.2, -0.15) is 0 Å². The van der Waals surface area contributed by atoms with Gasteiger partial charge in [-0.25, -0.2) is 4.79 Å². The Bertz CT molecular complexity index is 375. The van der Waals surface area contributed by atoms with E-state index in [1.54, 1.807) is 24.3 Å². The molecular formula is C10H11IO4. The number of carboxylic acids is 1. The van der Waals surface area contributed by atoms with Gasteiger partial charge < -0.3 is 15.3 Å². The molecule has 1 aromatic carbocycles. The van der Waals surface area contributed by atoms with Crippen molar-refractivity contribution in [2.24, 2.45) is 0 Å². The summed E-state index contributed by atoms with van der Waals surface area (Å²) in [5, 5.41) is 28.1. The summed E-state index contributed by atoms with van der Waals surface area (Å²) in [5.74, 6) is -1.45. The number of rotatable bonds is 3. The Morgan fingerprint density at radius 1 is 1.47 bits per heavy atom. The van der Waals surface area contributed by atoms with E-state index in [1.165, 1.54) is 0 Å². The Hall–Kier alpha value is -0.660. The van der Waals surface area contributed by atoms with Gasteiger partial charge in [-0.3, -0.25) is 0 Å². The first kappa shape index (κ1) is 12.4. The maximum Gasteiger partial charge on any atom is 0.338 e. The zero-order valence-corrected chi connectivity index (χ0v) is 10.2. The SMILES string of the molecule is CC(O)(C(=O)O)[C@@H](O)c1ccccc1I. The van der Waals surface area contributed by atoms with E-state index in [-0.39, 0.29) is 0 Å². The van der Waals surface area contributed by atoms with Crippen LogP contribution in [0, 0.1) is 3.57 Å². The first-order valence-electron chi connectivity index (χ1n) is 4.25. The highest BCUT2D eigenvalue weighted by Crippen LogP contribution is 2.29. The molecule has 1 unspecified atom stereocenters. The van der Waals surface area contributed by atoms with Gasteiger partial charge >= 0.3 is 5.97 Å². The van der Waals surface area contributed by atoms with Crippen molar-refractivity contribution < 1.29 is 20.1 Å². The Balaban J connectivity index is 3.10. The van der Waals surface area contributed by atoms with E-state index in [0.29, 0.717) is 9.13 Å². The molecule has 3 N–H and O–H groups in total. The van der Waals surface area contributed by atoms with Crippen molar-refractivity contribution in [3.8, 4) is 0 Å². The van der Waals surface area contributed by atoms with E-state index in [4.69, 9.17) is 5.11 Å². The smallest absolute Gasteiger partial charge is 0.338 e.